The SMILES string of the molecule is C/C=C(C)\C(C)=C/CC.CC. The van der Waals surface area contributed by atoms with Crippen LogP contribution >= 0.6 is 0 Å². The Labute approximate surface area is 72.0 Å². The molecule has 0 aliphatic rings. The van der Waals surface area contributed by atoms with Crippen LogP contribution in [0.5, 0.6) is 0 Å². The van der Waals surface area contributed by atoms with E-state index < -0.39 is 0 Å². The molecule has 0 aliphatic heterocycles. The lowest BCUT2D eigenvalue weighted by Crippen LogP contribution is -1.76. The molecule has 0 atom stereocenters. The average molecular weight is 154 g/mol. The summed E-state index contributed by atoms with van der Waals surface area (Å²) in [4.78, 5) is 0. The van der Waals surface area contributed by atoms with Crippen molar-refractivity contribution in [3.63, 3.8) is 0 Å². The van der Waals surface area contributed by atoms with Crippen molar-refractivity contribution in [3.8, 4) is 0 Å². The third kappa shape index (κ3) is 7.38. The Kier molecular flexibility index (Phi) is 11.3. The molecule has 0 fully saturated rings. The maximum absolute atomic E-state index is 2.25. The number of hydrogen-bond acceptors (Lipinski definition) is 0. The molecule has 0 nitrogen and oxygen atoms in total. The van der Waals surface area contributed by atoms with Gasteiger partial charge in [-0.1, -0.05) is 44.1 Å². The highest BCUT2D eigenvalue weighted by molar-refractivity contribution is 5.25. The summed E-state index contributed by atoms with van der Waals surface area (Å²) in [5, 5.41) is 0. The summed E-state index contributed by atoms with van der Waals surface area (Å²) in [6, 6.07) is 0. The van der Waals surface area contributed by atoms with E-state index in [-0.39, 0.29) is 0 Å². The Morgan fingerprint density at radius 3 is 1.82 bits per heavy atom. The van der Waals surface area contributed by atoms with Gasteiger partial charge >= 0.3 is 0 Å². The topological polar surface area (TPSA) is 0 Å². The van der Waals surface area contributed by atoms with E-state index in [1.807, 2.05) is 13.8 Å². The quantitative estimate of drug-likeness (QED) is 0.519. The van der Waals surface area contributed by atoms with Crippen LogP contribution in [0.4, 0.5) is 0 Å². The summed E-state index contributed by atoms with van der Waals surface area (Å²) in [7, 11) is 0. The largest absolute Gasteiger partial charge is 0.0845 e. The van der Waals surface area contributed by atoms with E-state index in [2.05, 4.69) is 39.8 Å². The van der Waals surface area contributed by atoms with Gasteiger partial charge in [-0.3, -0.25) is 0 Å². The Morgan fingerprint density at radius 1 is 1.09 bits per heavy atom. The van der Waals surface area contributed by atoms with Gasteiger partial charge in [0.05, 0.1) is 0 Å². The zero-order chi connectivity index (χ0) is 9.28. The first-order valence-corrected chi connectivity index (χ1v) is 4.52. The Hall–Kier alpha value is -0.520. The van der Waals surface area contributed by atoms with Crippen molar-refractivity contribution in [1.29, 1.82) is 0 Å². The fourth-order valence-electron chi connectivity index (χ4n) is 0.695. The van der Waals surface area contributed by atoms with E-state index >= 15 is 0 Å². The second kappa shape index (κ2) is 9.48. The van der Waals surface area contributed by atoms with Gasteiger partial charge in [0, 0.05) is 0 Å². The fourth-order valence-corrected chi connectivity index (χ4v) is 0.695. The Morgan fingerprint density at radius 2 is 1.55 bits per heavy atom. The van der Waals surface area contributed by atoms with Gasteiger partial charge in [-0.2, -0.15) is 0 Å². The molecule has 0 saturated heterocycles. The molecule has 0 aromatic heterocycles. The van der Waals surface area contributed by atoms with Crippen molar-refractivity contribution < 1.29 is 0 Å². The number of allylic oxidation sites excluding steroid dienone is 4. The van der Waals surface area contributed by atoms with Gasteiger partial charge in [-0.25, -0.2) is 0 Å². The summed E-state index contributed by atoms with van der Waals surface area (Å²) in [6.45, 7) is 12.5. The van der Waals surface area contributed by atoms with E-state index in [9.17, 15) is 0 Å². The molecule has 0 amide bonds. The van der Waals surface area contributed by atoms with Crippen LogP contribution in [0, 0.1) is 0 Å². The molecule has 0 spiro atoms. The van der Waals surface area contributed by atoms with Crippen molar-refractivity contribution in [2.75, 3.05) is 0 Å². The number of rotatable bonds is 2. The van der Waals surface area contributed by atoms with Gasteiger partial charge < -0.3 is 0 Å². The standard InChI is InChI=1S/C9H16.C2H6/c1-5-7-9(4)8(3)6-2;1-2/h6-7H,5H2,1-4H3;1-2H3/b8-6-,9-7-;. The maximum Gasteiger partial charge on any atom is -0.0374 e. The molecule has 0 bridgehead atoms. The van der Waals surface area contributed by atoms with E-state index in [4.69, 9.17) is 0 Å². The monoisotopic (exact) mass is 154 g/mol. The number of hydrogen-bond donors (Lipinski definition) is 0. The van der Waals surface area contributed by atoms with Gasteiger partial charge in [0.15, 0.2) is 0 Å². The zero-order valence-electron chi connectivity index (χ0n) is 8.86. The second-order valence-electron chi connectivity index (χ2n) is 2.27. The lowest BCUT2D eigenvalue weighted by molar-refractivity contribution is 1.17. The minimum absolute atomic E-state index is 1.14. The minimum atomic E-state index is 1.14. The van der Waals surface area contributed by atoms with Crippen LogP contribution < -0.4 is 0 Å². The minimum Gasteiger partial charge on any atom is -0.0845 e. The molecule has 0 aliphatic carbocycles. The predicted octanol–water partition coefficient (Wildman–Crippen LogP) is 4.34. The normalized spacial score (nSPS) is 12.2. The molecular weight excluding hydrogens is 132 g/mol. The molecule has 0 heteroatoms. The summed E-state index contributed by atoms with van der Waals surface area (Å²) < 4.78 is 0. The first-order chi connectivity index (χ1) is 5.22. The Balaban J connectivity index is 0. The van der Waals surface area contributed by atoms with Gasteiger partial charge in [0.2, 0.25) is 0 Å². The highest BCUT2D eigenvalue weighted by Crippen LogP contribution is 2.07. The van der Waals surface area contributed by atoms with E-state index in [0.717, 1.165) is 6.42 Å². The molecule has 0 aromatic rings. The van der Waals surface area contributed by atoms with Crippen LogP contribution in [-0.4, -0.2) is 0 Å². The van der Waals surface area contributed by atoms with Gasteiger partial charge in [0.1, 0.15) is 0 Å². The van der Waals surface area contributed by atoms with Crippen molar-refractivity contribution in [1.82, 2.24) is 0 Å². The molecule has 0 radical (unpaired) electrons. The van der Waals surface area contributed by atoms with Crippen molar-refractivity contribution >= 4 is 0 Å². The molecule has 0 heterocycles. The highest BCUT2D eigenvalue weighted by Gasteiger charge is 1.86. The summed E-state index contributed by atoms with van der Waals surface area (Å²) in [5.41, 5.74) is 2.79. The average Bonchev–Trinajstić information content (AvgIpc) is 2.07. The molecule has 11 heavy (non-hydrogen) atoms. The van der Waals surface area contributed by atoms with Gasteiger partial charge in [-0.05, 0) is 27.2 Å². The highest BCUT2D eigenvalue weighted by atomic mass is 13.9. The molecule has 0 aromatic carbocycles. The van der Waals surface area contributed by atoms with Crippen LogP contribution in [0.25, 0.3) is 0 Å². The predicted molar refractivity (Wildman–Crippen MR) is 54.8 cm³/mol. The van der Waals surface area contributed by atoms with Crippen molar-refractivity contribution in [3.05, 3.63) is 23.3 Å². The Bertz CT molecular complexity index is 127. The third-order valence-corrected chi connectivity index (χ3v) is 1.57. The maximum atomic E-state index is 2.25. The van der Waals surface area contributed by atoms with E-state index in [0.29, 0.717) is 0 Å². The van der Waals surface area contributed by atoms with Crippen LogP contribution in [0.2, 0.25) is 0 Å². The molecule has 0 saturated carbocycles. The van der Waals surface area contributed by atoms with Crippen LogP contribution in [0.1, 0.15) is 48.0 Å². The smallest absolute Gasteiger partial charge is 0.0374 e. The molecule has 66 valence electrons. The van der Waals surface area contributed by atoms with Gasteiger partial charge in [0.25, 0.3) is 0 Å². The summed E-state index contributed by atoms with van der Waals surface area (Å²) >= 11 is 0. The molecule has 0 rings (SSSR count). The van der Waals surface area contributed by atoms with Crippen LogP contribution in [0.3, 0.4) is 0 Å². The van der Waals surface area contributed by atoms with E-state index in [1.165, 1.54) is 11.1 Å². The first kappa shape index (κ1) is 13.1. The van der Waals surface area contributed by atoms with Gasteiger partial charge in [-0.15, -0.1) is 0 Å². The van der Waals surface area contributed by atoms with E-state index in [1.54, 1.807) is 0 Å². The molecular formula is C11H22. The summed E-state index contributed by atoms with van der Waals surface area (Å²) in [5.74, 6) is 0. The molecule has 0 N–H and O–H groups in total. The van der Waals surface area contributed by atoms with Crippen molar-refractivity contribution in [2.45, 2.75) is 48.0 Å². The first-order valence-electron chi connectivity index (χ1n) is 4.52. The zero-order valence-corrected chi connectivity index (χ0v) is 8.86. The summed E-state index contributed by atoms with van der Waals surface area (Å²) in [6.07, 6.45) is 5.52. The van der Waals surface area contributed by atoms with Crippen molar-refractivity contribution in [2.24, 2.45) is 0 Å². The van der Waals surface area contributed by atoms with Crippen LogP contribution in [0.15, 0.2) is 23.3 Å². The lowest BCUT2D eigenvalue weighted by atomic mass is 10.1. The molecule has 0 unspecified atom stereocenters. The second-order valence-corrected chi connectivity index (χ2v) is 2.27. The lowest BCUT2D eigenvalue weighted by Gasteiger charge is -1.97. The third-order valence-electron chi connectivity index (χ3n) is 1.57. The van der Waals surface area contributed by atoms with Crippen LogP contribution in [-0.2, 0) is 0 Å². The fraction of sp³-hybridized carbons (Fsp3) is 0.636.